The maximum absolute atomic E-state index is 15.0. The van der Waals surface area contributed by atoms with Gasteiger partial charge in [-0.1, -0.05) is 31.0 Å². The molecule has 3 aliphatic rings. The lowest BCUT2D eigenvalue weighted by molar-refractivity contribution is 0.0766. The van der Waals surface area contributed by atoms with Crippen molar-refractivity contribution in [2.24, 2.45) is 0 Å². The summed E-state index contributed by atoms with van der Waals surface area (Å²) >= 11 is 0. The molecule has 2 aromatic heterocycles. The third kappa shape index (κ3) is 3.42. The molecule has 1 amide bonds. The number of carbonyl (C=O) groups excluding carboxylic acids is 1. The first-order valence-corrected chi connectivity index (χ1v) is 11.6. The van der Waals surface area contributed by atoms with Crippen molar-refractivity contribution in [3.05, 3.63) is 59.5 Å². The summed E-state index contributed by atoms with van der Waals surface area (Å²) in [4.78, 5) is 19.8. The van der Waals surface area contributed by atoms with Gasteiger partial charge in [-0.25, -0.2) is 4.39 Å². The summed E-state index contributed by atoms with van der Waals surface area (Å²) in [6, 6.07) is 10.6. The van der Waals surface area contributed by atoms with Crippen LogP contribution >= 0.6 is 0 Å². The van der Waals surface area contributed by atoms with E-state index in [1.807, 2.05) is 36.2 Å². The molecule has 2 aliphatic carbocycles. The average molecular weight is 431 g/mol. The summed E-state index contributed by atoms with van der Waals surface area (Å²) in [5, 5.41) is 4.45. The van der Waals surface area contributed by atoms with E-state index in [9.17, 15) is 9.18 Å². The molecule has 1 aromatic carbocycles. The molecular formula is C26H27FN4O. The van der Waals surface area contributed by atoms with E-state index in [2.05, 4.69) is 17.2 Å². The van der Waals surface area contributed by atoms with Crippen molar-refractivity contribution in [2.75, 3.05) is 0 Å². The predicted molar refractivity (Wildman–Crippen MR) is 121 cm³/mol. The number of alkyl halides is 1. The molecular weight excluding hydrogens is 403 g/mol. The van der Waals surface area contributed by atoms with E-state index in [4.69, 9.17) is 4.98 Å². The molecule has 0 radical (unpaired) electrons. The van der Waals surface area contributed by atoms with Crippen molar-refractivity contribution in [3.63, 3.8) is 0 Å². The average Bonchev–Trinajstić information content (AvgIpc) is 3.23. The van der Waals surface area contributed by atoms with Crippen LogP contribution in [0.25, 0.3) is 22.4 Å². The molecule has 6 heteroatoms. The first-order chi connectivity index (χ1) is 15.5. The Morgan fingerprint density at radius 2 is 1.91 bits per heavy atom. The molecule has 32 heavy (non-hydrogen) atoms. The molecule has 0 spiro atoms. The molecule has 164 valence electrons. The highest BCUT2D eigenvalue weighted by Gasteiger charge is 2.38. The van der Waals surface area contributed by atoms with Crippen molar-refractivity contribution in [2.45, 2.75) is 70.2 Å². The van der Waals surface area contributed by atoms with Crippen LogP contribution in [-0.4, -0.2) is 37.3 Å². The molecule has 0 N–H and O–H groups in total. The van der Waals surface area contributed by atoms with Gasteiger partial charge in [0.1, 0.15) is 5.67 Å². The standard InChI is InChI=1S/C26H27FN4O/c1-17-4-9-22(20-13-28-30(14-20)16-26(27)10-2-3-11-26)24(29-17)18-5-6-19-15-31(21-7-8-21)25(32)23(19)12-18/h4-6,9,12-14,21H,2-3,7-8,10-11,15-16H2,1H3. The minimum atomic E-state index is -1.15. The lowest BCUT2D eigenvalue weighted by Crippen LogP contribution is -2.25. The zero-order valence-electron chi connectivity index (χ0n) is 18.4. The number of nitrogens with zero attached hydrogens (tertiary/aromatic N) is 4. The quantitative estimate of drug-likeness (QED) is 0.550. The van der Waals surface area contributed by atoms with Crippen molar-refractivity contribution >= 4 is 5.91 Å². The molecule has 2 saturated carbocycles. The minimum absolute atomic E-state index is 0.135. The Labute approximate surface area is 187 Å². The number of fused-ring (bicyclic) bond motifs is 1. The zero-order chi connectivity index (χ0) is 21.9. The van der Waals surface area contributed by atoms with Crippen LogP contribution < -0.4 is 0 Å². The Bertz CT molecular complexity index is 1210. The Morgan fingerprint density at radius 3 is 2.69 bits per heavy atom. The fourth-order valence-electron chi connectivity index (χ4n) is 5.21. The molecule has 3 heterocycles. The van der Waals surface area contributed by atoms with Crippen LogP contribution in [0.2, 0.25) is 0 Å². The van der Waals surface area contributed by atoms with Gasteiger partial charge in [-0.15, -0.1) is 0 Å². The fraction of sp³-hybridized carbons (Fsp3) is 0.423. The monoisotopic (exact) mass is 430 g/mol. The number of aromatic nitrogens is 3. The highest BCUT2D eigenvalue weighted by Crippen LogP contribution is 2.38. The van der Waals surface area contributed by atoms with Gasteiger partial charge in [-0.05, 0) is 50.3 Å². The lowest BCUT2D eigenvalue weighted by Gasteiger charge is -2.18. The van der Waals surface area contributed by atoms with Crippen LogP contribution in [0.15, 0.2) is 42.7 Å². The van der Waals surface area contributed by atoms with Gasteiger partial charge in [0.25, 0.3) is 5.91 Å². The number of pyridine rings is 1. The summed E-state index contributed by atoms with van der Waals surface area (Å²) < 4.78 is 16.7. The van der Waals surface area contributed by atoms with Crippen molar-refractivity contribution < 1.29 is 9.18 Å². The summed E-state index contributed by atoms with van der Waals surface area (Å²) in [6.45, 7) is 2.98. The molecule has 0 saturated heterocycles. The number of amides is 1. The zero-order valence-corrected chi connectivity index (χ0v) is 18.4. The Hall–Kier alpha value is -3.02. The first-order valence-electron chi connectivity index (χ1n) is 11.6. The van der Waals surface area contributed by atoms with Gasteiger partial charge >= 0.3 is 0 Å². The summed E-state index contributed by atoms with van der Waals surface area (Å²) in [5.74, 6) is 0.135. The van der Waals surface area contributed by atoms with Gasteiger partial charge in [-0.2, -0.15) is 5.10 Å². The van der Waals surface area contributed by atoms with E-state index in [1.54, 1.807) is 10.9 Å². The molecule has 3 aromatic rings. The number of carbonyl (C=O) groups is 1. The number of rotatable bonds is 5. The maximum Gasteiger partial charge on any atom is 0.254 e. The van der Waals surface area contributed by atoms with Gasteiger partial charge in [0.05, 0.1) is 18.4 Å². The van der Waals surface area contributed by atoms with Gasteiger partial charge < -0.3 is 4.90 Å². The Kier molecular flexibility index (Phi) is 4.46. The molecule has 5 nitrogen and oxygen atoms in total. The second-order valence-corrected chi connectivity index (χ2v) is 9.67. The van der Waals surface area contributed by atoms with E-state index < -0.39 is 5.67 Å². The first kappa shape index (κ1) is 19.6. The third-order valence-corrected chi connectivity index (χ3v) is 7.13. The number of hydrogen-bond acceptors (Lipinski definition) is 3. The minimum Gasteiger partial charge on any atom is -0.331 e. The largest absolute Gasteiger partial charge is 0.331 e. The van der Waals surface area contributed by atoms with Crippen LogP contribution in [0.5, 0.6) is 0 Å². The molecule has 0 unspecified atom stereocenters. The van der Waals surface area contributed by atoms with Crippen molar-refractivity contribution in [1.82, 2.24) is 19.7 Å². The highest BCUT2D eigenvalue weighted by atomic mass is 19.1. The summed E-state index contributed by atoms with van der Waals surface area (Å²) in [7, 11) is 0. The normalized spacial score (nSPS) is 19.6. The molecule has 1 aliphatic heterocycles. The molecule has 0 atom stereocenters. The van der Waals surface area contributed by atoms with E-state index >= 15 is 0 Å². The van der Waals surface area contributed by atoms with Crippen LogP contribution in [0, 0.1) is 6.92 Å². The molecule has 6 rings (SSSR count). The van der Waals surface area contributed by atoms with E-state index in [-0.39, 0.29) is 5.91 Å². The van der Waals surface area contributed by atoms with E-state index in [0.29, 0.717) is 32.0 Å². The van der Waals surface area contributed by atoms with Crippen LogP contribution in [0.4, 0.5) is 4.39 Å². The van der Waals surface area contributed by atoms with Crippen molar-refractivity contribution in [1.29, 1.82) is 0 Å². The predicted octanol–water partition coefficient (Wildman–Crippen LogP) is 5.32. The number of benzene rings is 1. The number of hydrogen-bond donors (Lipinski definition) is 0. The smallest absolute Gasteiger partial charge is 0.254 e. The van der Waals surface area contributed by atoms with Crippen LogP contribution in [0.1, 0.15) is 60.1 Å². The van der Waals surface area contributed by atoms with Crippen LogP contribution in [0.3, 0.4) is 0 Å². The SMILES string of the molecule is Cc1ccc(-c2cnn(CC3(F)CCCC3)c2)c(-c2ccc3c(c2)C(=O)N(C2CC2)C3)n1. The van der Waals surface area contributed by atoms with Crippen molar-refractivity contribution in [3.8, 4) is 22.4 Å². The second kappa shape index (κ2) is 7.26. The number of aryl methyl sites for hydroxylation is 1. The third-order valence-electron chi connectivity index (χ3n) is 7.13. The Balaban J connectivity index is 1.35. The highest BCUT2D eigenvalue weighted by molar-refractivity contribution is 6.00. The summed E-state index contributed by atoms with van der Waals surface area (Å²) in [6.07, 6.45) is 9.06. The lowest BCUT2D eigenvalue weighted by atomic mass is 9.98. The van der Waals surface area contributed by atoms with Gasteiger partial charge in [0, 0.05) is 46.7 Å². The van der Waals surface area contributed by atoms with Gasteiger partial charge in [0.15, 0.2) is 0 Å². The van der Waals surface area contributed by atoms with Gasteiger partial charge in [-0.3, -0.25) is 14.5 Å². The maximum atomic E-state index is 15.0. The second-order valence-electron chi connectivity index (χ2n) is 9.67. The van der Waals surface area contributed by atoms with E-state index in [1.165, 1.54) is 0 Å². The molecule has 2 fully saturated rings. The summed E-state index contributed by atoms with van der Waals surface area (Å²) in [5.41, 5.74) is 5.28. The molecule has 0 bridgehead atoms. The Morgan fingerprint density at radius 1 is 1.09 bits per heavy atom. The van der Waals surface area contributed by atoms with Gasteiger partial charge in [0.2, 0.25) is 0 Å². The fourth-order valence-corrected chi connectivity index (χ4v) is 5.21. The topological polar surface area (TPSA) is 51.0 Å². The van der Waals surface area contributed by atoms with E-state index in [0.717, 1.165) is 64.9 Å². The van der Waals surface area contributed by atoms with Crippen LogP contribution in [-0.2, 0) is 13.1 Å². The number of halogens is 1.